The minimum Gasteiger partial charge on any atom is -0.492 e. The molecule has 0 aliphatic rings. The van der Waals surface area contributed by atoms with Crippen LogP contribution in [0.3, 0.4) is 0 Å². The van der Waals surface area contributed by atoms with Crippen molar-refractivity contribution in [2.75, 3.05) is 12.4 Å². The number of hydrogen-bond donors (Lipinski definition) is 1. The Balaban J connectivity index is 1.90. The van der Waals surface area contributed by atoms with Crippen LogP contribution in [-0.2, 0) is 10.1 Å². The topological polar surface area (TPSA) is 72.8 Å². The number of para-hydroxylation sites is 1. The minimum atomic E-state index is -3.99. The van der Waals surface area contributed by atoms with Gasteiger partial charge in [-0.3, -0.25) is 4.55 Å². The zero-order valence-corrected chi connectivity index (χ0v) is 11.4. The van der Waals surface area contributed by atoms with E-state index in [2.05, 4.69) is 0 Å². The summed E-state index contributed by atoms with van der Waals surface area (Å²) in [5, 5.41) is 0. The fourth-order valence-corrected chi connectivity index (χ4v) is 1.79. The molecule has 0 aliphatic heterocycles. The maximum Gasteiger partial charge on any atom is 0.268 e. The maximum atomic E-state index is 10.5. The van der Waals surface area contributed by atoms with E-state index in [1.54, 1.807) is 24.3 Å². The molecule has 0 radical (unpaired) electrons. The Morgan fingerprint density at radius 3 is 2.00 bits per heavy atom. The van der Waals surface area contributed by atoms with Crippen molar-refractivity contribution in [2.45, 2.75) is 0 Å². The molecule has 6 heteroatoms. The fraction of sp³-hybridized carbons (Fsp3) is 0.143. The largest absolute Gasteiger partial charge is 0.492 e. The molecule has 0 spiro atoms. The third-order valence-electron chi connectivity index (χ3n) is 2.41. The second-order valence-electron chi connectivity index (χ2n) is 4.02. The van der Waals surface area contributed by atoms with Gasteiger partial charge >= 0.3 is 0 Å². The summed E-state index contributed by atoms with van der Waals surface area (Å²) in [6.07, 6.45) is 0. The number of benzene rings is 2. The van der Waals surface area contributed by atoms with Crippen LogP contribution in [0.5, 0.6) is 17.2 Å². The molecule has 1 N–H and O–H groups in total. The lowest BCUT2D eigenvalue weighted by Gasteiger charge is -2.07. The summed E-state index contributed by atoms with van der Waals surface area (Å²) in [7, 11) is -3.99. The van der Waals surface area contributed by atoms with E-state index in [9.17, 15) is 8.42 Å². The van der Waals surface area contributed by atoms with Crippen LogP contribution in [-0.4, -0.2) is 25.3 Å². The molecule has 0 aliphatic carbocycles. The van der Waals surface area contributed by atoms with Gasteiger partial charge < -0.3 is 9.47 Å². The highest BCUT2D eigenvalue weighted by Gasteiger charge is 2.04. The van der Waals surface area contributed by atoms with Crippen molar-refractivity contribution in [3.05, 3.63) is 54.6 Å². The summed E-state index contributed by atoms with van der Waals surface area (Å²) in [5.41, 5.74) is 0. The summed E-state index contributed by atoms with van der Waals surface area (Å²) >= 11 is 0. The number of hydrogen-bond acceptors (Lipinski definition) is 4. The van der Waals surface area contributed by atoms with E-state index in [1.165, 1.54) is 0 Å². The average molecular weight is 294 g/mol. The van der Waals surface area contributed by atoms with Gasteiger partial charge in [-0.2, -0.15) is 8.42 Å². The molecule has 0 heterocycles. The number of rotatable bonds is 6. The lowest BCUT2D eigenvalue weighted by molar-refractivity contribution is 0.335. The highest BCUT2D eigenvalue weighted by Crippen LogP contribution is 2.23. The molecule has 0 unspecified atom stereocenters. The fourth-order valence-electron chi connectivity index (χ4n) is 1.49. The quantitative estimate of drug-likeness (QED) is 0.829. The molecular formula is C14H14O5S. The Bertz CT molecular complexity index is 635. The van der Waals surface area contributed by atoms with Crippen molar-refractivity contribution in [1.82, 2.24) is 0 Å². The maximum absolute atomic E-state index is 10.5. The lowest BCUT2D eigenvalue weighted by Crippen LogP contribution is -2.12. The normalized spacial score (nSPS) is 11.1. The Morgan fingerprint density at radius 1 is 0.850 bits per heavy atom. The summed E-state index contributed by atoms with van der Waals surface area (Å²) in [6.45, 7) is -0.0995. The molecule has 2 aromatic carbocycles. The van der Waals surface area contributed by atoms with E-state index < -0.39 is 15.9 Å². The van der Waals surface area contributed by atoms with Crippen LogP contribution in [0.15, 0.2) is 54.6 Å². The third kappa shape index (κ3) is 4.91. The van der Waals surface area contributed by atoms with Crippen molar-refractivity contribution >= 4 is 10.1 Å². The Labute approximate surface area is 117 Å². The standard InChI is InChI=1S/C14H14O5S/c15-20(16,17)11-10-18-12-6-8-14(9-7-12)19-13-4-2-1-3-5-13/h1-9H,10-11H2,(H,15,16,17). The van der Waals surface area contributed by atoms with Crippen LogP contribution >= 0.6 is 0 Å². The van der Waals surface area contributed by atoms with Gasteiger partial charge in [0.15, 0.2) is 0 Å². The van der Waals surface area contributed by atoms with Crippen LogP contribution in [0, 0.1) is 0 Å². The lowest BCUT2D eigenvalue weighted by atomic mass is 10.3. The van der Waals surface area contributed by atoms with Gasteiger partial charge in [0.05, 0.1) is 0 Å². The summed E-state index contributed by atoms with van der Waals surface area (Å²) in [4.78, 5) is 0. The molecule has 2 rings (SSSR count). The molecule has 0 saturated carbocycles. The van der Waals surface area contributed by atoms with Crippen LogP contribution in [0.25, 0.3) is 0 Å². The van der Waals surface area contributed by atoms with Gasteiger partial charge in [0.25, 0.3) is 10.1 Å². The molecule has 0 bridgehead atoms. The number of ether oxygens (including phenoxy) is 2. The van der Waals surface area contributed by atoms with E-state index in [4.69, 9.17) is 14.0 Å². The van der Waals surface area contributed by atoms with Gasteiger partial charge in [-0.15, -0.1) is 0 Å². The molecule has 0 amide bonds. The minimum absolute atomic E-state index is 0.0995. The molecule has 0 aromatic heterocycles. The molecule has 0 atom stereocenters. The van der Waals surface area contributed by atoms with Crippen LogP contribution in [0.4, 0.5) is 0 Å². The van der Waals surface area contributed by atoms with Crippen molar-refractivity contribution in [1.29, 1.82) is 0 Å². The zero-order chi connectivity index (χ0) is 14.4. The second-order valence-corrected chi connectivity index (χ2v) is 5.59. The van der Waals surface area contributed by atoms with Crippen molar-refractivity contribution in [2.24, 2.45) is 0 Å². The molecule has 0 saturated heterocycles. The smallest absolute Gasteiger partial charge is 0.268 e. The van der Waals surface area contributed by atoms with E-state index >= 15 is 0 Å². The predicted octanol–water partition coefficient (Wildman–Crippen LogP) is 2.75. The molecule has 2 aromatic rings. The van der Waals surface area contributed by atoms with Crippen molar-refractivity contribution in [3.8, 4) is 17.2 Å². The van der Waals surface area contributed by atoms with Crippen LogP contribution in [0.2, 0.25) is 0 Å². The van der Waals surface area contributed by atoms with E-state index in [-0.39, 0.29) is 6.61 Å². The van der Waals surface area contributed by atoms with Crippen molar-refractivity contribution in [3.63, 3.8) is 0 Å². The molecule has 5 nitrogen and oxygen atoms in total. The van der Waals surface area contributed by atoms with E-state index in [1.807, 2.05) is 30.3 Å². The highest BCUT2D eigenvalue weighted by molar-refractivity contribution is 7.85. The summed E-state index contributed by atoms with van der Waals surface area (Å²) in [6, 6.07) is 16.1. The van der Waals surface area contributed by atoms with Gasteiger partial charge in [-0.1, -0.05) is 18.2 Å². The first-order chi connectivity index (χ1) is 9.53. The monoisotopic (exact) mass is 294 g/mol. The van der Waals surface area contributed by atoms with E-state index in [0.29, 0.717) is 11.5 Å². The second kappa shape index (κ2) is 6.40. The first-order valence-electron chi connectivity index (χ1n) is 5.94. The van der Waals surface area contributed by atoms with Crippen LogP contribution < -0.4 is 9.47 Å². The third-order valence-corrected chi connectivity index (χ3v) is 3.10. The van der Waals surface area contributed by atoms with Gasteiger partial charge in [-0.25, -0.2) is 0 Å². The van der Waals surface area contributed by atoms with Gasteiger partial charge in [0.1, 0.15) is 29.6 Å². The Kier molecular flexibility index (Phi) is 4.60. The van der Waals surface area contributed by atoms with Gasteiger partial charge in [-0.05, 0) is 36.4 Å². The molecule has 106 valence electrons. The first kappa shape index (κ1) is 14.4. The van der Waals surface area contributed by atoms with E-state index in [0.717, 1.165) is 5.75 Å². The first-order valence-corrected chi connectivity index (χ1v) is 7.55. The summed E-state index contributed by atoms with van der Waals surface area (Å²) in [5.74, 6) is 1.45. The summed E-state index contributed by atoms with van der Waals surface area (Å²) < 4.78 is 40.4. The highest BCUT2D eigenvalue weighted by atomic mass is 32.2. The zero-order valence-electron chi connectivity index (χ0n) is 10.6. The Morgan fingerprint density at radius 2 is 1.40 bits per heavy atom. The molecular weight excluding hydrogens is 280 g/mol. The van der Waals surface area contributed by atoms with Crippen LogP contribution in [0.1, 0.15) is 0 Å². The average Bonchev–Trinajstić information content (AvgIpc) is 2.41. The predicted molar refractivity (Wildman–Crippen MR) is 74.9 cm³/mol. The molecule has 20 heavy (non-hydrogen) atoms. The van der Waals surface area contributed by atoms with Gasteiger partial charge in [0, 0.05) is 0 Å². The SMILES string of the molecule is O=S(=O)(O)CCOc1ccc(Oc2ccccc2)cc1. The Hall–Kier alpha value is -2.05. The molecule has 0 fully saturated rings. The van der Waals surface area contributed by atoms with Crippen molar-refractivity contribution < 1.29 is 22.4 Å². The van der Waals surface area contributed by atoms with Gasteiger partial charge in [0.2, 0.25) is 0 Å².